The van der Waals surface area contributed by atoms with E-state index in [1.54, 1.807) is 24.0 Å². The number of hydrogen-bond donors (Lipinski definition) is 2. The molecule has 1 aromatic carbocycles. The number of piperidine rings is 1. The Labute approximate surface area is 189 Å². The van der Waals surface area contributed by atoms with Crippen molar-refractivity contribution in [3.8, 4) is 11.5 Å². The molecule has 2 atom stereocenters. The van der Waals surface area contributed by atoms with E-state index < -0.39 is 17.9 Å². The van der Waals surface area contributed by atoms with Crippen LogP contribution in [0, 0.1) is 0 Å². The first-order chi connectivity index (χ1) is 15.8. The number of nitrogens with zero attached hydrogens (tertiary/aromatic N) is 2. The van der Waals surface area contributed by atoms with Crippen molar-refractivity contribution in [2.75, 3.05) is 18.4 Å². The highest BCUT2D eigenvalue weighted by Gasteiger charge is 2.46. The maximum absolute atomic E-state index is 14.6. The fourth-order valence-electron chi connectivity index (χ4n) is 3.80. The van der Waals surface area contributed by atoms with Crippen LogP contribution in [0.4, 0.5) is 14.6 Å². The summed E-state index contributed by atoms with van der Waals surface area (Å²) in [7, 11) is 0. The number of nitrogens with one attached hydrogen (secondary N) is 2. The molecule has 172 valence electrons. The van der Waals surface area contributed by atoms with Crippen LogP contribution in [0.5, 0.6) is 11.5 Å². The van der Waals surface area contributed by atoms with Gasteiger partial charge in [-0.05, 0) is 36.8 Å². The zero-order valence-corrected chi connectivity index (χ0v) is 18.0. The Morgan fingerprint density at radius 1 is 1.18 bits per heavy atom. The Hall–Kier alpha value is -3.59. The molecule has 4 rings (SSSR count). The number of carbonyl (C=O) groups excluding carboxylic acids is 1. The average Bonchev–Trinajstić information content (AvgIpc) is 2.81. The normalized spacial score (nSPS) is 18.9. The van der Waals surface area contributed by atoms with Crippen LogP contribution in [0.15, 0.2) is 71.8 Å². The smallest absolute Gasteiger partial charge is 0.257 e. The van der Waals surface area contributed by atoms with Gasteiger partial charge in [0.1, 0.15) is 17.3 Å². The van der Waals surface area contributed by atoms with Gasteiger partial charge in [0, 0.05) is 31.8 Å². The Morgan fingerprint density at radius 3 is 2.64 bits per heavy atom. The zero-order chi connectivity index (χ0) is 23.4. The highest BCUT2D eigenvalue weighted by molar-refractivity contribution is 5.93. The molecule has 1 aliphatic heterocycles. The number of rotatable bonds is 6. The first-order valence-corrected chi connectivity index (χ1v) is 10.6. The standard InChI is InChI=1S/C24H24F2N4O3/c1-16(30-12-11-24(25,26)20(15-30)17-7-10-22(31)28-13-17)23(32)29-21-9-8-19(14-27-21)33-18-5-3-2-4-6-18/h2-10,13-14,16,20H,11-12,15H2,1H3,(H,28,31)(H,27,29,32). The molecule has 0 radical (unpaired) electrons. The van der Waals surface area contributed by atoms with Crippen molar-refractivity contribution in [2.24, 2.45) is 0 Å². The monoisotopic (exact) mass is 454 g/mol. The van der Waals surface area contributed by atoms with Gasteiger partial charge in [-0.15, -0.1) is 0 Å². The van der Waals surface area contributed by atoms with Gasteiger partial charge in [0.25, 0.3) is 5.92 Å². The van der Waals surface area contributed by atoms with E-state index in [0.717, 1.165) is 0 Å². The number of pyridine rings is 2. The molecule has 3 aromatic rings. The summed E-state index contributed by atoms with van der Waals surface area (Å²) < 4.78 is 34.9. The summed E-state index contributed by atoms with van der Waals surface area (Å²) in [4.78, 5) is 32.4. The lowest BCUT2D eigenvalue weighted by Gasteiger charge is -2.40. The van der Waals surface area contributed by atoms with E-state index in [-0.39, 0.29) is 31.0 Å². The van der Waals surface area contributed by atoms with Crippen LogP contribution in [0.25, 0.3) is 0 Å². The molecule has 2 unspecified atom stereocenters. The summed E-state index contributed by atoms with van der Waals surface area (Å²) in [5.41, 5.74) is -0.0113. The number of likely N-dealkylation sites (tertiary alicyclic amines) is 1. The van der Waals surface area contributed by atoms with Gasteiger partial charge in [-0.1, -0.05) is 24.3 Å². The number of alkyl halides is 2. The number of aromatic nitrogens is 2. The van der Waals surface area contributed by atoms with Crippen molar-refractivity contribution in [3.63, 3.8) is 0 Å². The number of ether oxygens (including phenoxy) is 1. The van der Waals surface area contributed by atoms with Crippen molar-refractivity contribution in [1.29, 1.82) is 0 Å². The van der Waals surface area contributed by atoms with Gasteiger partial charge in [-0.25, -0.2) is 13.8 Å². The number of carbonyl (C=O) groups is 1. The Balaban J connectivity index is 1.39. The minimum absolute atomic E-state index is 0.00902. The van der Waals surface area contributed by atoms with Crippen LogP contribution in [-0.4, -0.2) is 45.8 Å². The summed E-state index contributed by atoms with van der Waals surface area (Å²) in [6, 6.07) is 14.6. The maximum Gasteiger partial charge on any atom is 0.257 e. The molecule has 9 heteroatoms. The summed E-state index contributed by atoms with van der Waals surface area (Å²) in [6.45, 7) is 1.75. The highest BCUT2D eigenvalue weighted by atomic mass is 19.3. The third kappa shape index (κ3) is 5.43. The molecular weight excluding hydrogens is 430 g/mol. The lowest BCUT2D eigenvalue weighted by Crippen LogP contribution is -2.52. The predicted molar refractivity (Wildman–Crippen MR) is 120 cm³/mol. The second-order valence-electron chi connectivity index (χ2n) is 8.00. The van der Waals surface area contributed by atoms with E-state index in [2.05, 4.69) is 15.3 Å². The van der Waals surface area contributed by atoms with E-state index in [1.165, 1.54) is 24.5 Å². The molecule has 3 heterocycles. The summed E-state index contributed by atoms with van der Waals surface area (Å²) in [5.74, 6) is -2.86. The van der Waals surface area contributed by atoms with Crippen molar-refractivity contribution in [1.82, 2.24) is 14.9 Å². The molecule has 0 bridgehead atoms. The first-order valence-electron chi connectivity index (χ1n) is 10.6. The van der Waals surface area contributed by atoms with Crippen LogP contribution in [0.2, 0.25) is 0 Å². The summed E-state index contributed by atoms with van der Waals surface area (Å²) in [5, 5.41) is 2.73. The third-order valence-corrected chi connectivity index (χ3v) is 5.76. The van der Waals surface area contributed by atoms with Crippen LogP contribution in [0.1, 0.15) is 24.8 Å². The average molecular weight is 454 g/mol. The van der Waals surface area contributed by atoms with Crippen molar-refractivity contribution < 1.29 is 18.3 Å². The van der Waals surface area contributed by atoms with Gasteiger partial charge in [0.2, 0.25) is 11.5 Å². The van der Waals surface area contributed by atoms with Crippen LogP contribution in [-0.2, 0) is 4.79 Å². The number of para-hydroxylation sites is 1. The summed E-state index contributed by atoms with van der Waals surface area (Å²) >= 11 is 0. The number of aromatic amines is 1. The quantitative estimate of drug-likeness (QED) is 0.588. The number of H-pyrrole nitrogens is 1. The topological polar surface area (TPSA) is 87.3 Å². The molecule has 7 nitrogen and oxygen atoms in total. The Kier molecular flexibility index (Phi) is 6.50. The van der Waals surface area contributed by atoms with Gasteiger partial charge in [-0.3, -0.25) is 14.5 Å². The molecule has 2 aromatic heterocycles. The second-order valence-corrected chi connectivity index (χ2v) is 8.00. The fraction of sp³-hybridized carbons (Fsp3) is 0.292. The van der Waals surface area contributed by atoms with Crippen LogP contribution < -0.4 is 15.6 Å². The molecule has 1 aliphatic rings. The van der Waals surface area contributed by atoms with Crippen molar-refractivity contribution >= 4 is 11.7 Å². The van der Waals surface area contributed by atoms with E-state index in [9.17, 15) is 18.4 Å². The second kappa shape index (κ2) is 9.50. The molecule has 1 fully saturated rings. The van der Waals surface area contributed by atoms with E-state index in [1.807, 2.05) is 30.3 Å². The molecule has 0 spiro atoms. The number of benzene rings is 1. The minimum atomic E-state index is -2.93. The molecule has 1 amide bonds. The number of halogens is 2. The van der Waals surface area contributed by atoms with Crippen molar-refractivity contribution in [3.05, 3.63) is 82.9 Å². The van der Waals surface area contributed by atoms with Gasteiger partial charge in [-0.2, -0.15) is 0 Å². The molecule has 2 N–H and O–H groups in total. The summed E-state index contributed by atoms with van der Waals surface area (Å²) in [6.07, 6.45) is 2.44. The van der Waals surface area contributed by atoms with Gasteiger partial charge in [0.05, 0.1) is 18.2 Å². The minimum Gasteiger partial charge on any atom is -0.456 e. The lowest BCUT2D eigenvalue weighted by molar-refractivity contribution is -0.125. The Morgan fingerprint density at radius 2 is 1.97 bits per heavy atom. The van der Waals surface area contributed by atoms with E-state index >= 15 is 0 Å². The van der Waals surface area contributed by atoms with E-state index in [0.29, 0.717) is 22.9 Å². The van der Waals surface area contributed by atoms with Gasteiger partial charge < -0.3 is 15.0 Å². The van der Waals surface area contributed by atoms with Crippen LogP contribution in [0.3, 0.4) is 0 Å². The van der Waals surface area contributed by atoms with E-state index in [4.69, 9.17) is 4.74 Å². The third-order valence-electron chi connectivity index (χ3n) is 5.76. The zero-order valence-electron chi connectivity index (χ0n) is 18.0. The van der Waals surface area contributed by atoms with Crippen molar-refractivity contribution in [2.45, 2.75) is 31.2 Å². The van der Waals surface area contributed by atoms with Gasteiger partial charge >= 0.3 is 0 Å². The number of anilines is 1. The SMILES string of the molecule is CC(C(=O)Nc1ccc(Oc2ccccc2)cn1)N1CCC(F)(F)C(c2ccc(=O)[nH]c2)C1. The number of amides is 1. The van der Waals surface area contributed by atoms with Gasteiger partial charge in [0.15, 0.2) is 0 Å². The van der Waals surface area contributed by atoms with Crippen LogP contribution >= 0.6 is 0 Å². The maximum atomic E-state index is 14.6. The molecule has 0 saturated carbocycles. The molecule has 1 saturated heterocycles. The molecule has 0 aliphatic carbocycles. The molecule has 33 heavy (non-hydrogen) atoms. The lowest BCUT2D eigenvalue weighted by atomic mass is 9.87. The largest absolute Gasteiger partial charge is 0.456 e. The Bertz CT molecular complexity index is 1130. The first kappa shape index (κ1) is 22.6. The number of hydrogen-bond acceptors (Lipinski definition) is 5. The predicted octanol–water partition coefficient (Wildman–Crippen LogP) is 4.01. The molecular formula is C24H24F2N4O3. The highest BCUT2D eigenvalue weighted by Crippen LogP contribution is 2.40. The fourth-order valence-corrected chi connectivity index (χ4v) is 3.80.